The number of fused-ring (bicyclic) bond motifs is 1. The third-order valence-electron chi connectivity index (χ3n) is 2.76. The lowest BCUT2D eigenvalue weighted by Crippen LogP contribution is -2.37. The zero-order chi connectivity index (χ0) is 13.5. The van der Waals surface area contributed by atoms with Gasteiger partial charge in [0.25, 0.3) is 0 Å². The van der Waals surface area contributed by atoms with Crippen LogP contribution in [-0.4, -0.2) is 19.0 Å². The second kappa shape index (κ2) is 8.84. The summed E-state index contributed by atoms with van der Waals surface area (Å²) < 4.78 is 5.74. The number of rotatable bonds is 5. The largest absolute Gasteiger partial charge is 0.459 e. The summed E-state index contributed by atoms with van der Waals surface area (Å²) in [5.74, 6) is 1.72. The molecule has 0 amide bonds. The van der Waals surface area contributed by atoms with Crippen molar-refractivity contribution in [3.05, 3.63) is 36.1 Å². The molecule has 1 aromatic carbocycles. The van der Waals surface area contributed by atoms with Crippen molar-refractivity contribution in [3.63, 3.8) is 0 Å². The average Bonchev–Trinajstić information content (AvgIpc) is 2.84. The van der Waals surface area contributed by atoms with Crippen LogP contribution >= 0.6 is 24.0 Å². The summed E-state index contributed by atoms with van der Waals surface area (Å²) in [5, 5.41) is 7.61. The van der Waals surface area contributed by atoms with Crippen LogP contribution in [0.2, 0.25) is 0 Å². The van der Waals surface area contributed by atoms with E-state index >= 15 is 0 Å². The smallest absolute Gasteiger partial charge is 0.191 e. The average molecular weight is 387 g/mol. The Morgan fingerprint density at radius 3 is 2.70 bits per heavy atom. The molecule has 0 saturated heterocycles. The van der Waals surface area contributed by atoms with Gasteiger partial charge >= 0.3 is 0 Å². The molecule has 0 aliphatic heterocycles. The second-order valence-electron chi connectivity index (χ2n) is 4.37. The molecule has 2 aromatic rings. The predicted octanol–water partition coefficient (Wildman–Crippen LogP) is 3.52. The lowest BCUT2D eigenvalue weighted by atomic mass is 10.2. The van der Waals surface area contributed by atoms with Gasteiger partial charge in [-0.1, -0.05) is 25.1 Å². The van der Waals surface area contributed by atoms with E-state index in [0.29, 0.717) is 6.54 Å². The van der Waals surface area contributed by atoms with E-state index in [2.05, 4.69) is 29.5 Å². The lowest BCUT2D eigenvalue weighted by molar-refractivity contribution is 0.551. The Kier molecular flexibility index (Phi) is 7.43. The molecular formula is C15H22IN3O. The molecule has 0 bridgehead atoms. The minimum atomic E-state index is 0. The topological polar surface area (TPSA) is 49.6 Å². The number of benzene rings is 1. The maximum atomic E-state index is 5.74. The zero-order valence-corrected chi connectivity index (χ0v) is 14.3. The number of nitrogens with one attached hydrogen (secondary N) is 2. The Morgan fingerprint density at radius 2 is 2.00 bits per heavy atom. The Hall–Kier alpha value is -1.24. The summed E-state index contributed by atoms with van der Waals surface area (Å²) in [6.07, 6.45) is 1.08. The zero-order valence-electron chi connectivity index (χ0n) is 12.0. The number of aliphatic imine (C=N–C) groups is 1. The number of halogens is 1. The fourth-order valence-electron chi connectivity index (χ4n) is 1.86. The van der Waals surface area contributed by atoms with Crippen LogP contribution in [0, 0.1) is 0 Å². The van der Waals surface area contributed by atoms with Gasteiger partial charge in [0, 0.05) is 18.5 Å². The van der Waals surface area contributed by atoms with Gasteiger partial charge < -0.3 is 15.1 Å². The molecule has 0 fully saturated rings. The minimum absolute atomic E-state index is 0. The number of furan rings is 1. The number of para-hydroxylation sites is 1. The van der Waals surface area contributed by atoms with Crippen molar-refractivity contribution >= 4 is 40.9 Å². The molecule has 0 radical (unpaired) electrons. The number of hydrogen-bond donors (Lipinski definition) is 2. The summed E-state index contributed by atoms with van der Waals surface area (Å²) in [6, 6.07) is 10.1. The Balaban J connectivity index is 0.00000200. The maximum Gasteiger partial charge on any atom is 0.191 e. The van der Waals surface area contributed by atoms with E-state index in [-0.39, 0.29) is 24.0 Å². The van der Waals surface area contributed by atoms with E-state index in [1.54, 1.807) is 0 Å². The second-order valence-corrected chi connectivity index (χ2v) is 4.37. The first-order valence-electron chi connectivity index (χ1n) is 6.83. The van der Waals surface area contributed by atoms with Gasteiger partial charge in [-0.15, -0.1) is 24.0 Å². The Bertz CT molecular complexity index is 518. The highest BCUT2D eigenvalue weighted by Crippen LogP contribution is 2.19. The fraction of sp³-hybridized carbons (Fsp3) is 0.400. The molecule has 110 valence electrons. The van der Waals surface area contributed by atoms with Crippen LogP contribution in [0.15, 0.2) is 39.7 Å². The van der Waals surface area contributed by atoms with Gasteiger partial charge in [0.15, 0.2) is 5.96 Å². The first-order valence-corrected chi connectivity index (χ1v) is 6.83. The van der Waals surface area contributed by atoms with Crippen LogP contribution in [0.1, 0.15) is 26.0 Å². The summed E-state index contributed by atoms with van der Waals surface area (Å²) in [6.45, 7) is 6.52. The number of hydrogen-bond acceptors (Lipinski definition) is 2. The van der Waals surface area contributed by atoms with Crippen LogP contribution < -0.4 is 10.6 Å². The molecule has 5 heteroatoms. The van der Waals surface area contributed by atoms with Gasteiger partial charge in [-0.05, 0) is 25.5 Å². The minimum Gasteiger partial charge on any atom is -0.459 e. The van der Waals surface area contributed by atoms with Crippen LogP contribution in [-0.2, 0) is 6.54 Å². The predicted molar refractivity (Wildman–Crippen MR) is 94.7 cm³/mol. The number of guanidine groups is 1. The van der Waals surface area contributed by atoms with Gasteiger partial charge in [0.2, 0.25) is 0 Å². The molecular weight excluding hydrogens is 365 g/mol. The molecule has 0 aliphatic carbocycles. The monoisotopic (exact) mass is 387 g/mol. The first kappa shape index (κ1) is 16.8. The molecule has 2 rings (SSSR count). The highest BCUT2D eigenvalue weighted by atomic mass is 127. The summed E-state index contributed by atoms with van der Waals surface area (Å²) in [7, 11) is 0. The van der Waals surface area contributed by atoms with Crippen LogP contribution in [0.25, 0.3) is 11.0 Å². The van der Waals surface area contributed by atoms with E-state index in [1.165, 1.54) is 0 Å². The van der Waals surface area contributed by atoms with Crippen molar-refractivity contribution in [2.45, 2.75) is 26.8 Å². The SMILES string of the molecule is CCCNC(=NCc1cc2ccccc2o1)NCC.I. The van der Waals surface area contributed by atoms with Crippen molar-refractivity contribution in [2.24, 2.45) is 4.99 Å². The van der Waals surface area contributed by atoms with Crippen LogP contribution in [0.5, 0.6) is 0 Å². The Morgan fingerprint density at radius 1 is 1.20 bits per heavy atom. The molecule has 0 aliphatic rings. The van der Waals surface area contributed by atoms with Crippen molar-refractivity contribution in [2.75, 3.05) is 13.1 Å². The maximum absolute atomic E-state index is 5.74. The summed E-state index contributed by atoms with van der Waals surface area (Å²) in [4.78, 5) is 4.52. The van der Waals surface area contributed by atoms with E-state index < -0.39 is 0 Å². The number of nitrogens with zero attached hydrogens (tertiary/aromatic N) is 1. The lowest BCUT2D eigenvalue weighted by Gasteiger charge is -2.09. The van der Waals surface area contributed by atoms with Gasteiger partial charge in [0.05, 0.1) is 0 Å². The molecule has 1 heterocycles. The van der Waals surface area contributed by atoms with Crippen molar-refractivity contribution in [3.8, 4) is 0 Å². The van der Waals surface area contributed by atoms with Gasteiger partial charge in [-0.3, -0.25) is 0 Å². The van der Waals surface area contributed by atoms with E-state index in [1.807, 2.05) is 30.3 Å². The molecule has 4 nitrogen and oxygen atoms in total. The van der Waals surface area contributed by atoms with Crippen molar-refractivity contribution in [1.82, 2.24) is 10.6 Å². The van der Waals surface area contributed by atoms with E-state index in [4.69, 9.17) is 4.42 Å². The highest BCUT2D eigenvalue weighted by molar-refractivity contribution is 14.0. The molecule has 0 unspecified atom stereocenters. The Labute approximate surface area is 137 Å². The third-order valence-corrected chi connectivity index (χ3v) is 2.76. The summed E-state index contributed by atoms with van der Waals surface area (Å²) in [5.41, 5.74) is 0.916. The van der Waals surface area contributed by atoms with Crippen molar-refractivity contribution < 1.29 is 4.42 Å². The standard InChI is InChI=1S/C15H21N3O.HI/c1-3-9-17-15(16-4-2)18-11-13-10-12-7-5-6-8-14(12)19-13;/h5-8,10H,3-4,9,11H2,1-2H3,(H2,16,17,18);1H. The van der Waals surface area contributed by atoms with Gasteiger partial charge in [-0.2, -0.15) is 0 Å². The molecule has 0 spiro atoms. The van der Waals surface area contributed by atoms with E-state index in [9.17, 15) is 0 Å². The highest BCUT2D eigenvalue weighted by Gasteiger charge is 2.02. The normalized spacial score (nSPS) is 11.2. The third kappa shape index (κ3) is 4.70. The molecule has 1 aromatic heterocycles. The van der Waals surface area contributed by atoms with Gasteiger partial charge in [-0.25, -0.2) is 4.99 Å². The first-order chi connectivity index (χ1) is 9.33. The summed E-state index contributed by atoms with van der Waals surface area (Å²) >= 11 is 0. The van der Waals surface area contributed by atoms with Gasteiger partial charge in [0.1, 0.15) is 17.9 Å². The van der Waals surface area contributed by atoms with Crippen LogP contribution in [0.3, 0.4) is 0 Å². The molecule has 0 atom stereocenters. The van der Waals surface area contributed by atoms with Crippen LogP contribution in [0.4, 0.5) is 0 Å². The van der Waals surface area contributed by atoms with E-state index in [0.717, 1.165) is 42.2 Å². The quantitative estimate of drug-likeness (QED) is 0.469. The van der Waals surface area contributed by atoms with Crippen molar-refractivity contribution in [1.29, 1.82) is 0 Å². The fourth-order valence-corrected chi connectivity index (χ4v) is 1.86. The molecule has 20 heavy (non-hydrogen) atoms. The molecule has 2 N–H and O–H groups in total. The molecule has 0 saturated carbocycles.